The van der Waals surface area contributed by atoms with E-state index in [9.17, 15) is 4.79 Å². The van der Waals surface area contributed by atoms with Crippen molar-refractivity contribution in [1.29, 1.82) is 5.26 Å². The molecular weight excluding hydrogens is 204 g/mol. The predicted octanol–water partition coefficient (Wildman–Crippen LogP) is 1.42. The minimum Gasteiger partial charge on any atom is -0.337 e. The fraction of sp³-hybridized carbons (Fsp3) is 0.545. The number of rotatable bonds is 5. The number of carbonyl (C=O) groups excluding carboxylic acids is 1. The van der Waals surface area contributed by atoms with E-state index < -0.39 is 0 Å². The first kappa shape index (κ1) is 12.2. The molecule has 0 aliphatic heterocycles. The van der Waals surface area contributed by atoms with Crippen molar-refractivity contribution in [2.24, 2.45) is 5.92 Å². The molecule has 0 atom stereocenters. The van der Waals surface area contributed by atoms with Crippen molar-refractivity contribution in [3.05, 3.63) is 18.0 Å². The van der Waals surface area contributed by atoms with Gasteiger partial charge in [-0.1, -0.05) is 13.8 Å². The Morgan fingerprint density at radius 2 is 2.44 bits per heavy atom. The number of H-pyrrole nitrogens is 1. The van der Waals surface area contributed by atoms with Crippen LogP contribution in [0, 0.1) is 17.2 Å². The summed E-state index contributed by atoms with van der Waals surface area (Å²) >= 11 is 0. The third-order valence-electron chi connectivity index (χ3n) is 2.11. The number of aromatic nitrogens is 2. The molecule has 1 heterocycles. The van der Waals surface area contributed by atoms with E-state index in [0.29, 0.717) is 31.0 Å². The maximum absolute atomic E-state index is 12.0. The molecule has 5 heteroatoms. The van der Waals surface area contributed by atoms with Gasteiger partial charge in [-0.05, 0) is 5.92 Å². The maximum atomic E-state index is 12.0. The van der Waals surface area contributed by atoms with Gasteiger partial charge in [-0.2, -0.15) is 10.4 Å². The molecule has 0 aliphatic carbocycles. The first-order valence-electron chi connectivity index (χ1n) is 5.30. The van der Waals surface area contributed by atoms with Gasteiger partial charge < -0.3 is 4.90 Å². The van der Waals surface area contributed by atoms with Crippen molar-refractivity contribution in [2.75, 3.05) is 13.1 Å². The van der Waals surface area contributed by atoms with Gasteiger partial charge in [0.25, 0.3) is 5.91 Å². The molecule has 0 saturated carbocycles. The monoisotopic (exact) mass is 220 g/mol. The molecule has 0 saturated heterocycles. The minimum atomic E-state index is -0.0716. The molecule has 1 aromatic rings. The zero-order valence-electron chi connectivity index (χ0n) is 9.60. The van der Waals surface area contributed by atoms with Crippen LogP contribution in [-0.2, 0) is 0 Å². The van der Waals surface area contributed by atoms with Crippen LogP contribution in [0.1, 0.15) is 30.6 Å². The highest BCUT2D eigenvalue weighted by molar-refractivity contribution is 5.93. The molecule has 0 unspecified atom stereocenters. The van der Waals surface area contributed by atoms with Crippen LogP contribution in [0.25, 0.3) is 0 Å². The van der Waals surface area contributed by atoms with Gasteiger partial charge in [0.1, 0.15) is 0 Å². The number of carbonyl (C=O) groups is 1. The molecule has 0 spiro atoms. The van der Waals surface area contributed by atoms with Crippen molar-refractivity contribution < 1.29 is 4.79 Å². The predicted molar refractivity (Wildman–Crippen MR) is 59.6 cm³/mol. The second-order valence-corrected chi connectivity index (χ2v) is 4.04. The maximum Gasteiger partial charge on any atom is 0.257 e. The van der Waals surface area contributed by atoms with Crippen LogP contribution in [0.4, 0.5) is 0 Å². The van der Waals surface area contributed by atoms with E-state index in [-0.39, 0.29) is 5.91 Å². The van der Waals surface area contributed by atoms with Crippen molar-refractivity contribution >= 4 is 5.91 Å². The van der Waals surface area contributed by atoms with Crippen molar-refractivity contribution in [2.45, 2.75) is 20.3 Å². The zero-order valence-corrected chi connectivity index (χ0v) is 9.60. The van der Waals surface area contributed by atoms with Crippen LogP contribution in [0.15, 0.2) is 12.4 Å². The van der Waals surface area contributed by atoms with E-state index >= 15 is 0 Å². The van der Waals surface area contributed by atoms with Gasteiger partial charge in [0, 0.05) is 19.3 Å². The summed E-state index contributed by atoms with van der Waals surface area (Å²) in [5.74, 6) is 0.312. The lowest BCUT2D eigenvalue weighted by molar-refractivity contribution is 0.0740. The normalized spacial score (nSPS) is 10.1. The molecule has 0 aromatic carbocycles. The minimum absolute atomic E-state index is 0.0716. The molecule has 1 aromatic heterocycles. The SMILES string of the molecule is CC(C)CN(CCC#N)C(=O)c1cn[nH]c1. The lowest BCUT2D eigenvalue weighted by atomic mass is 10.2. The number of aromatic amines is 1. The highest BCUT2D eigenvalue weighted by Gasteiger charge is 2.17. The summed E-state index contributed by atoms with van der Waals surface area (Å²) < 4.78 is 0. The number of nitriles is 1. The molecule has 0 aliphatic rings. The van der Waals surface area contributed by atoms with E-state index in [4.69, 9.17) is 5.26 Å². The topological polar surface area (TPSA) is 72.8 Å². The molecular formula is C11H16N4O. The molecule has 1 rings (SSSR count). The third kappa shape index (κ3) is 3.39. The Balaban J connectivity index is 2.68. The molecule has 86 valence electrons. The highest BCUT2D eigenvalue weighted by Crippen LogP contribution is 2.06. The van der Waals surface area contributed by atoms with Gasteiger partial charge in [0.15, 0.2) is 0 Å². The van der Waals surface area contributed by atoms with Crippen LogP contribution in [0.5, 0.6) is 0 Å². The number of nitrogens with one attached hydrogen (secondary N) is 1. The standard InChI is InChI=1S/C11H16N4O/c1-9(2)8-15(5-3-4-12)11(16)10-6-13-14-7-10/h6-7,9H,3,5,8H2,1-2H3,(H,13,14). The Kier molecular flexibility index (Phi) is 4.52. The Labute approximate surface area is 95.1 Å². The first-order chi connectivity index (χ1) is 7.65. The number of hydrogen-bond acceptors (Lipinski definition) is 3. The van der Waals surface area contributed by atoms with Crippen LogP contribution in [0.2, 0.25) is 0 Å². The Morgan fingerprint density at radius 1 is 1.69 bits per heavy atom. The lowest BCUT2D eigenvalue weighted by Crippen LogP contribution is -2.34. The fourth-order valence-electron chi connectivity index (χ4n) is 1.45. The average Bonchev–Trinajstić information content (AvgIpc) is 2.76. The number of hydrogen-bond donors (Lipinski definition) is 1. The summed E-state index contributed by atoms with van der Waals surface area (Å²) in [4.78, 5) is 13.7. The summed E-state index contributed by atoms with van der Waals surface area (Å²) in [6, 6.07) is 2.05. The van der Waals surface area contributed by atoms with Gasteiger partial charge in [-0.3, -0.25) is 9.89 Å². The summed E-state index contributed by atoms with van der Waals surface area (Å²) in [6.07, 6.45) is 3.43. The van der Waals surface area contributed by atoms with Gasteiger partial charge in [-0.25, -0.2) is 0 Å². The molecule has 0 fully saturated rings. The Hall–Kier alpha value is -1.83. The number of amides is 1. The highest BCUT2D eigenvalue weighted by atomic mass is 16.2. The second-order valence-electron chi connectivity index (χ2n) is 4.04. The van der Waals surface area contributed by atoms with Crippen LogP contribution < -0.4 is 0 Å². The Morgan fingerprint density at radius 3 is 2.94 bits per heavy atom. The molecule has 16 heavy (non-hydrogen) atoms. The fourth-order valence-corrected chi connectivity index (χ4v) is 1.45. The van der Waals surface area contributed by atoms with Gasteiger partial charge in [0.2, 0.25) is 0 Å². The van der Waals surface area contributed by atoms with Crippen molar-refractivity contribution in [3.8, 4) is 6.07 Å². The average molecular weight is 220 g/mol. The summed E-state index contributed by atoms with van der Waals surface area (Å²) in [6.45, 7) is 5.22. The summed E-state index contributed by atoms with van der Waals surface area (Å²) in [7, 11) is 0. The summed E-state index contributed by atoms with van der Waals surface area (Å²) in [5.41, 5.74) is 0.540. The molecule has 1 amide bonds. The smallest absolute Gasteiger partial charge is 0.257 e. The van der Waals surface area contributed by atoms with E-state index in [2.05, 4.69) is 16.3 Å². The third-order valence-corrected chi connectivity index (χ3v) is 2.11. The lowest BCUT2D eigenvalue weighted by Gasteiger charge is -2.22. The van der Waals surface area contributed by atoms with E-state index in [1.165, 1.54) is 6.20 Å². The van der Waals surface area contributed by atoms with E-state index in [1.54, 1.807) is 11.1 Å². The van der Waals surface area contributed by atoms with Crippen LogP contribution >= 0.6 is 0 Å². The van der Waals surface area contributed by atoms with Crippen LogP contribution in [0.3, 0.4) is 0 Å². The zero-order chi connectivity index (χ0) is 12.0. The van der Waals surface area contributed by atoms with Crippen molar-refractivity contribution in [3.63, 3.8) is 0 Å². The molecule has 0 radical (unpaired) electrons. The molecule has 1 N–H and O–H groups in total. The molecule has 5 nitrogen and oxygen atoms in total. The van der Waals surface area contributed by atoms with Gasteiger partial charge in [-0.15, -0.1) is 0 Å². The van der Waals surface area contributed by atoms with Crippen LogP contribution in [-0.4, -0.2) is 34.1 Å². The van der Waals surface area contributed by atoms with Gasteiger partial charge >= 0.3 is 0 Å². The summed E-state index contributed by atoms with van der Waals surface area (Å²) in [5, 5.41) is 14.9. The second kappa shape index (κ2) is 5.91. The quantitative estimate of drug-likeness (QED) is 0.815. The number of nitrogens with zero attached hydrogens (tertiary/aromatic N) is 3. The van der Waals surface area contributed by atoms with Gasteiger partial charge in [0.05, 0.1) is 24.3 Å². The largest absolute Gasteiger partial charge is 0.337 e. The van der Waals surface area contributed by atoms with E-state index in [1.807, 2.05) is 13.8 Å². The van der Waals surface area contributed by atoms with Crippen molar-refractivity contribution in [1.82, 2.24) is 15.1 Å². The molecule has 0 bridgehead atoms. The Bertz CT molecular complexity index is 364. The van der Waals surface area contributed by atoms with E-state index in [0.717, 1.165) is 0 Å². The first-order valence-corrected chi connectivity index (χ1v) is 5.30.